The number of carboxylic acid groups (broad SMARTS) is 1. The summed E-state index contributed by atoms with van der Waals surface area (Å²) in [6.45, 7) is 1.76. The largest absolute Gasteiger partial charge is 0.478 e. The Morgan fingerprint density at radius 2 is 1.36 bits per heavy atom. The van der Waals surface area contributed by atoms with Crippen LogP contribution in [0.3, 0.4) is 0 Å². The fraction of sp³-hybridized carbons (Fsp3) is 0.0833. The minimum atomic E-state index is -1.18. The maximum atomic E-state index is 12.5. The zero-order valence-electron chi connectivity index (χ0n) is 17.6. The van der Waals surface area contributed by atoms with Crippen LogP contribution in [0.25, 0.3) is 0 Å². The van der Waals surface area contributed by atoms with Gasteiger partial charge in [-0.3, -0.25) is 14.4 Å². The van der Waals surface area contributed by atoms with Crippen LogP contribution in [-0.4, -0.2) is 34.0 Å². The van der Waals surface area contributed by atoms with E-state index in [-0.39, 0.29) is 17.0 Å². The number of carboxylic acids is 1. The van der Waals surface area contributed by atoms with Gasteiger partial charge in [0.2, 0.25) is 11.8 Å². The van der Waals surface area contributed by atoms with Crippen LogP contribution in [0, 0.1) is 0 Å². The predicted octanol–water partition coefficient (Wildman–Crippen LogP) is 3.86. The maximum Gasteiger partial charge on any atom is 0.336 e. The molecule has 0 fully saturated rings. The summed E-state index contributed by atoms with van der Waals surface area (Å²) in [5.41, 5.74) is 6.60. The van der Waals surface area contributed by atoms with Crippen molar-refractivity contribution in [3.05, 3.63) is 89.5 Å². The number of nitrogens with one attached hydrogen (secondary N) is 2. The highest BCUT2D eigenvalue weighted by Crippen LogP contribution is 2.26. The molecule has 8 nitrogen and oxygen atoms in total. The summed E-state index contributed by atoms with van der Waals surface area (Å²) in [5, 5.41) is 14.3. The first-order valence-corrected chi connectivity index (χ1v) is 10.7. The zero-order chi connectivity index (χ0) is 24.0. The summed E-state index contributed by atoms with van der Waals surface area (Å²) >= 11 is 1.33. The molecule has 0 aliphatic heterocycles. The topological polar surface area (TPSA) is 139 Å². The molecule has 0 unspecified atom stereocenters. The molecule has 1 atom stereocenters. The number of hydrogen-bond acceptors (Lipinski definition) is 5. The van der Waals surface area contributed by atoms with Crippen molar-refractivity contribution in [2.24, 2.45) is 5.73 Å². The van der Waals surface area contributed by atoms with Crippen LogP contribution in [0.15, 0.2) is 77.7 Å². The van der Waals surface area contributed by atoms with Crippen molar-refractivity contribution in [1.29, 1.82) is 0 Å². The Kier molecular flexibility index (Phi) is 7.47. The van der Waals surface area contributed by atoms with E-state index in [2.05, 4.69) is 10.6 Å². The molecule has 0 aliphatic carbocycles. The predicted molar refractivity (Wildman–Crippen MR) is 127 cm³/mol. The molecule has 0 aromatic heterocycles. The molecule has 0 saturated heterocycles. The van der Waals surface area contributed by atoms with Crippen molar-refractivity contribution in [1.82, 2.24) is 0 Å². The number of nitrogens with two attached hydrogens (primary N) is 1. The average Bonchev–Trinajstić information content (AvgIpc) is 2.80. The Labute approximate surface area is 194 Å². The molecule has 0 aliphatic rings. The number of primary amides is 1. The van der Waals surface area contributed by atoms with Gasteiger partial charge in [-0.25, -0.2) is 4.79 Å². The molecule has 0 saturated carbocycles. The number of carbonyl (C=O) groups excluding carboxylic acids is 3. The van der Waals surface area contributed by atoms with Gasteiger partial charge in [-0.15, -0.1) is 11.8 Å². The molecule has 9 heteroatoms. The number of carbonyl (C=O) groups is 4. The molecule has 3 aromatic carbocycles. The van der Waals surface area contributed by atoms with Crippen molar-refractivity contribution >= 4 is 46.8 Å². The van der Waals surface area contributed by atoms with Crippen molar-refractivity contribution in [3.8, 4) is 0 Å². The van der Waals surface area contributed by atoms with Gasteiger partial charge >= 0.3 is 5.97 Å². The van der Waals surface area contributed by atoms with Gasteiger partial charge in [0, 0.05) is 21.8 Å². The van der Waals surface area contributed by atoms with Crippen LogP contribution in [0.4, 0.5) is 11.4 Å². The minimum absolute atomic E-state index is 0.0672. The number of anilines is 2. The van der Waals surface area contributed by atoms with Crippen LogP contribution in [-0.2, 0) is 4.79 Å². The highest BCUT2D eigenvalue weighted by atomic mass is 32.2. The first-order valence-electron chi connectivity index (χ1n) is 9.85. The van der Waals surface area contributed by atoms with E-state index in [1.54, 1.807) is 55.5 Å². The highest BCUT2D eigenvalue weighted by molar-refractivity contribution is 8.00. The fourth-order valence-corrected chi connectivity index (χ4v) is 3.77. The molecular weight excluding hydrogens is 442 g/mol. The third kappa shape index (κ3) is 6.20. The number of hydrogen-bond donors (Lipinski definition) is 4. The van der Waals surface area contributed by atoms with Crippen LogP contribution in [0.5, 0.6) is 0 Å². The highest BCUT2D eigenvalue weighted by Gasteiger charge is 2.17. The summed E-state index contributed by atoms with van der Waals surface area (Å²) in [4.78, 5) is 48.2. The van der Waals surface area contributed by atoms with Gasteiger partial charge in [-0.2, -0.15) is 0 Å². The summed E-state index contributed by atoms with van der Waals surface area (Å²) in [5.74, 6) is -2.45. The van der Waals surface area contributed by atoms with Crippen molar-refractivity contribution in [2.75, 3.05) is 10.6 Å². The molecule has 0 spiro atoms. The van der Waals surface area contributed by atoms with Gasteiger partial charge in [-0.05, 0) is 67.6 Å². The number of thioether (sulfide) groups is 1. The summed E-state index contributed by atoms with van der Waals surface area (Å²) in [6, 6.07) is 19.1. The summed E-state index contributed by atoms with van der Waals surface area (Å²) in [6.07, 6.45) is 0. The molecule has 0 heterocycles. The van der Waals surface area contributed by atoms with Gasteiger partial charge in [0.25, 0.3) is 5.91 Å². The molecule has 3 rings (SSSR count). The monoisotopic (exact) mass is 463 g/mol. The van der Waals surface area contributed by atoms with Gasteiger partial charge in [0.1, 0.15) is 0 Å². The third-order valence-corrected chi connectivity index (χ3v) is 5.75. The second-order valence-corrected chi connectivity index (χ2v) is 8.43. The van der Waals surface area contributed by atoms with Gasteiger partial charge < -0.3 is 21.5 Å². The lowest BCUT2D eigenvalue weighted by atomic mass is 10.1. The lowest BCUT2D eigenvalue weighted by Crippen LogP contribution is -2.22. The van der Waals surface area contributed by atoms with Crippen LogP contribution < -0.4 is 16.4 Å². The van der Waals surface area contributed by atoms with Crippen molar-refractivity contribution in [3.63, 3.8) is 0 Å². The van der Waals surface area contributed by atoms with Crippen molar-refractivity contribution in [2.45, 2.75) is 17.1 Å². The average molecular weight is 464 g/mol. The lowest BCUT2D eigenvalue weighted by Gasteiger charge is -2.13. The van der Waals surface area contributed by atoms with Gasteiger partial charge in [0.05, 0.1) is 16.4 Å². The van der Waals surface area contributed by atoms with Gasteiger partial charge in [0.15, 0.2) is 0 Å². The molecule has 33 heavy (non-hydrogen) atoms. The fourth-order valence-electron chi connectivity index (χ4n) is 2.90. The molecule has 168 valence electrons. The number of amides is 3. The Morgan fingerprint density at radius 3 is 1.94 bits per heavy atom. The second kappa shape index (κ2) is 10.5. The summed E-state index contributed by atoms with van der Waals surface area (Å²) in [7, 11) is 0. The van der Waals surface area contributed by atoms with E-state index in [1.807, 2.05) is 0 Å². The van der Waals surface area contributed by atoms with E-state index in [4.69, 9.17) is 5.73 Å². The Hall–Kier alpha value is -4.11. The Bertz CT molecular complexity index is 1190. The SMILES string of the molecule is C[C@H](Sc1ccc(NC(=O)c2ccccc2C(=O)O)cc1)C(=O)Nc1ccc(C(N)=O)cc1. The molecule has 0 bridgehead atoms. The van der Waals surface area contributed by atoms with E-state index in [9.17, 15) is 24.3 Å². The quantitative estimate of drug-likeness (QED) is 0.374. The van der Waals surface area contributed by atoms with Crippen LogP contribution in [0.1, 0.15) is 38.0 Å². The molecule has 3 aromatic rings. The molecular formula is C24H21N3O5S. The smallest absolute Gasteiger partial charge is 0.336 e. The maximum absolute atomic E-state index is 12.5. The second-order valence-electron chi connectivity index (χ2n) is 7.02. The number of rotatable bonds is 8. The zero-order valence-corrected chi connectivity index (χ0v) is 18.4. The molecule has 3 amide bonds. The standard InChI is InChI=1S/C24H21N3O5S/c1-14(22(29)26-16-8-6-15(7-9-16)21(25)28)33-18-12-10-17(11-13-18)27-23(30)19-4-2-3-5-20(19)24(31)32/h2-14H,1H3,(H2,25,28)(H,26,29)(H,27,30)(H,31,32)/t14-/m0/s1. The summed E-state index contributed by atoms with van der Waals surface area (Å²) < 4.78 is 0. The number of aromatic carboxylic acids is 1. The Morgan fingerprint density at radius 1 is 0.818 bits per heavy atom. The lowest BCUT2D eigenvalue weighted by molar-refractivity contribution is -0.115. The van der Waals surface area contributed by atoms with Gasteiger partial charge in [-0.1, -0.05) is 12.1 Å². The molecule has 0 radical (unpaired) electrons. The van der Waals surface area contributed by atoms with E-state index < -0.39 is 23.0 Å². The third-order valence-electron chi connectivity index (χ3n) is 4.63. The van der Waals surface area contributed by atoms with E-state index in [0.29, 0.717) is 16.9 Å². The van der Waals surface area contributed by atoms with E-state index in [1.165, 1.54) is 36.0 Å². The number of benzene rings is 3. The van der Waals surface area contributed by atoms with E-state index >= 15 is 0 Å². The Balaban J connectivity index is 1.58. The molecule has 5 N–H and O–H groups in total. The van der Waals surface area contributed by atoms with Crippen LogP contribution in [0.2, 0.25) is 0 Å². The van der Waals surface area contributed by atoms with Crippen LogP contribution >= 0.6 is 11.8 Å². The normalized spacial score (nSPS) is 11.3. The van der Waals surface area contributed by atoms with Crippen molar-refractivity contribution < 1.29 is 24.3 Å². The van der Waals surface area contributed by atoms with E-state index in [0.717, 1.165) is 4.90 Å². The minimum Gasteiger partial charge on any atom is -0.478 e. The first kappa shape index (κ1) is 23.6. The first-order chi connectivity index (χ1) is 15.7.